The van der Waals surface area contributed by atoms with Crippen molar-refractivity contribution < 1.29 is 18.0 Å². The number of nitrogens with zero attached hydrogens (tertiary/aromatic N) is 4. The number of amides is 1. The fourth-order valence-electron chi connectivity index (χ4n) is 4.84. The average Bonchev–Trinajstić information content (AvgIpc) is 3.20. The Kier molecular flexibility index (Phi) is 6.70. The molecule has 0 saturated carbocycles. The minimum Gasteiger partial charge on any atom is -0.362 e. The largest absolute Gasteiger partial charge is 0.410 e. The van der Waals surface area contributed by atoms with E-state index in [0.717, 1.165) is 22.4 Å². The van der Waals surface area contributed by atoms with E-state index in [1.165, 1.54) is 5.56 Å². The van der Waals surface area contributed by atoms with Gasteiger partial charge in [-0.25, -0.2) is 4.68 Å². The lowest BCUT2D eigenvalue weighted by atomic mass is 9.96. The van der Waals surface area contributed by atoms with Crippen molar-refractivity contribution in [1.29, 1.82) is 0 Å². The van der Waals surface area contributed by atoms with Gasteiger partial charge in [-0.1, -0.05) is 71.8 Å². The van der Waals surface area contributed by atoms with Gasteiger partial charge in [0.15, 0.2) is 11.7 Å². The maximum atomic E-state index is 14.1. The highest BCUT2D eigenvalue weighted by Crippen LogP contribution is 2.46. The fourth-order valence-corrected chi connectivity index (χ4v) is 5.10. The van der Waals surface area contributed by atoms with E-state index in [9.17, 15) is 18.0 Å². The maximum Gasteiger partial charge on any atom is 0.410 e. The van der Waals surface area contributed by atoms with Crippen molar-refractivity contribution in [3.05, 3.63) is 82.0 Å². The van der Waals surface area contributed by atoms with Gasteiger partial charge in [0.1, 0.15) is 10.8 Å². The van der Waals surface area contributed by atoms with Gasteiger partial charge in [-0.15, -0.1) is 0 Å². The number of nitrogens with one attached hydrogen (secondary N) is 1. The zero-order valence-electron chi connectivity index (χ0n) is 19.8. The first-order valence-electron chi connectivity index (χ1n) is 11.9. The SMILES string of the molecule is Cc1ccc([C@H]2C[C@H](C(F)(F)F)n3nc(C(=O)N4CCN(Cc5ccccc5)CC4)c(Cl)c3N2)cc1. The summed E-state index contributed by atoms with van der Waals surface area (Å²) >= 11 is 6.51. The van der Waals surface area contributed by atoms with Gasteiger partial charge >= 0.3 is 6.18 Å². The molecule has 0 unspecified atom stereocenters. The zero-order valence-corrected chi connectivity index (χ0v) is 20.6. The van der Waals surface area contributed by atoms with Crippen molar-refractivity contribution in [2.45, 2.75) is 38.1 Å². The van der Waals surface area contributed by atoms with Crippen LogP contribution in [-0.2, 0) is 6.54 Å². The van der Waals surface area contributed by atoms with E-state index in [2.05, 4.69) is 27.4 Å². The van der Waals surface area contributed by atoms with Gasteiger partial charge in [-0.05, 0) is 18.1 Å². The molecule has 2 aliphatic heterocycles. The monoisotopic (exact) mass is 517 g/mol. The van der Waals surface area contributed by atoms with Gasteiger partial charge in [0.05, 0.1) is 6.04 Å². The van der Waals surface area contributed by atoms with Crippen molar-refractivity contribution in [2.75, 3.05) is 31.5 Å². The van der Waals surface area contributed by atoms with E-state index < -0.39 is 24.2 Å². The number of carbonyl (C=O) groups excluding carboxylic acids is 1. The molecular weight excluding hydrogens is 491 g/mol. The summed E-state index contributed by atoms with van der Waals surface area (Å²) in [6.07, 6.45) is -4.79. The molecule has 1 saturated heterocycles. The lowest BCUT2D eigenvalue weighted by Gasteiger charge is -2.34. The van der Waals surface area contributed by atoms with Gasteiger partial charge in [0, 0.05) is 39.1 Å². The lowest BCUT2D eigenvalue weighted by molar-refractivity contribution is -0.173. The van der Waals surface area contributed by atoms with Crippen LogP contribution in [0.4, 0.5) is 19.0 Å². The highest BCUT2D eigenvalue weighted by Gasteiger charge is 2.48. The van der Waals surface area contributed by atoms with Crippen LogP contribution in [0.1, 0.15) is 45.7 Å². The number of rotatable bonds is 4. The summed E-state index contributed by atoms with van der Waals surface area (Å²) in [7, 11) is 0. The molecule has 3 heterocycles. The summed E-state index contributed by atoms with van der Waals surface area (Å²) in [6.45, 7) is 4.91. The Labute approximate surface area is 212 Å². The van der Waals surface area contributed by atoms with E-state index in [1.54, 1.807) is 17.0 Å². The average molecular weight is 518 g/mol. The molecule has 10 heteroatoms. The number of aromatic nitrogens is 2. The molecule has 6 nitrogen and oxygen atoms in total. The Balaban J connectivity index is 1.35. The predicted octanol–water partition coefficient (Wildman–Crippen LogP) is 5.46. The third-order valence-corrected chi connectivity index (χ3v) is 7.24. The number of benzene rings is 2. The van der Waals surface area contributed by atoms with E-state index in [-0.39, 0.29) is 23.0 Å². The molecule has 0 radical (unpaired) electrons. The molecule has 2 aliphatic rings. The van der Waals surface area contributed by atoms with Crippen LogP contribution in [0.15, 0.2) is 54.6 Å². The fraction of sp³-hybridized carbons (Fsp3) is 0.385. The Morgan fingerprint density at radius 3 is 2.36 bits per heavy atom. The van der Waals surface area contributed by atoms with Crippen molar-refractivity contribution in [3.63, 3.8) is 0 Å². The third-order valence-electron chi connectivity index (χ3n) is 6.89. The first-order chi connectivity index (χ1) is 17.2. The van der Waals surface area contributed by atoms with E-state index >= 15 is 0 Å². The number of fused-ring (bicyclic) bond motifs is 1. The topological polar surface area (TPSA) is 53.4 Å². The Morgan fingerprint density at radius 1 is 1.06 bits per heavy atom. The van der Waals surface area contributed by atoms with Gasteiger partial charge in [-0.2, -0.15) is 18.3 Å². The van der Waals surface area contributed by atoms with Crippen LogP contribution in [0.2, 0.25) is 5.02 Å². The summed E-state index contributed by atoms with van der Waals surface area (Å²) in [5.74, 6) is -0.419. The van der Waals surface area contributed by atoms with Crippen LogP contribution in [0.3, 0.4) is 0 Å². The van der Waals surface area contributed by atoms with Crippen molar-refractivity contribution in [1.82, 2.24) is 19.6 Å². The molecule has 2 aromatic carbocycles. The highest BCUT2D eigenvalue weighted by molar-refractivity contribution is 6.36. The standard InChI is InChI=1S/C26H27ClF3N5O/c1-17-7-9-19(10-8-17)20-15-21(26(28,29)30)35-24(31-20)22(27)23(32-35)25(36)34-13-11-33(12-14-34)16-18-5-3-2-4-6-18/h2-10,20-21,31H,11-16H2,1H3/t20-,21-/m1/s1. The first-order valence-corrected chi connectivity index (χ1v) is 12.3. The van der Waals surface area contributed by atoms with Crippen molar-refractivity contribution in [3.8, 4) is 0 Å². The number of alkyl halides is 3. The molecular formula is C26H27ClF3N5O. The van der Waals surface area contributed by atoms with Crippen molar-refractivity contribution in [2.24, 2.45) is 0 Å². The van der Waals surface area contributed by atoms with Gasteiger partial charge in [-0.3, -0.25) is 9.69 Å². The molecule has 190 valence electrons. The summed E-state index contributed by atoms with van der Waals surface area (Å²) in [5, 5.41) is 7.13. The number of hydrogen-bond acceptors (Lipinski definition) is 4. The maximum absolute atomic E-state index is 14.1. The smallest absolute Gasteiger partial charge is 0.362 e. The third kappa shape index (κ3) is 4.95. The lowest BCUT2D eigenvalue weighted by Crippen LogP contribution is -2.48. The number of anilines is 1. The molecule has 1 N–H and O–H groups in total. The number of aryl methyl sites for hydroxylation is 1. The Morgan fingerprint density at radius 2 is 1.72 bits per heavy atom. The molecule has 0 spiro atoms. The number of carbonyl (C=O) groups is 1. The molecule has 3 aromatic rings. The van der Waals surface area contributed by atoms with Crippen LogP contribution in [0, 0.1) is 6.92 Å². The Bertz CT molecular complexity index is 1220. The van der Waals surface area contributed by atoms with Crippen LogP contribution in [0.5, 0.6) is 0 Å². The van der Waals surface area contributed by atoms with Gasteiger partial charge in [0.25, 0.3) is 5.91 Å². The first kappa shape index (κ1) is 24.6. The van der Waals surface area contributed by atoms with Crippen molar-refractivity contribution >= 4 is 23.3 Å². The number of halogens is 4. The van der Waals surface area contributed by atoms with Crippen LogP contribution >= 0.6 is 11.6 Å². The quantitative estimate of drug-likeness (QED) is 0.499. The van der Waals surface area contributed by atoms with Crippen LogP contribution in [-0.4, -0.2) is 57.8 Å². The summed E-state index contributed by atoms with van der Waals surface area (Å²) in [6, 6.07) is 14.9. The molecule has 1 aromatic heterocycles. The van der Waals surface area contributed by atoms with E-state index in [4.69, 9.17) is 11.6 Å². The van der Waals surface area contributed by atoms with Gasteiger partial charge in [0.2, 0.25) is 0 Å². The summed E-state index contributed by atoms with van der Waals surface area (Å²) in [4.78, 5) is 17.1. The van der Waals surface area contributed by atoms with Crippen LogP contribution < -0.4 is 5.32 Å². The predicted molar refractivity (Wildman–Crippen MR) is 132 cm³/mol. The second kappa shape index (κ2) is 9.78. The highest BCUT2D eigenvalue weighted by atomic mass is 35.5. The van der Waals surface area contributed by atoms with E-state index in [1.807, 2.05) is 37.3 Å². The molecule has 36 heavy (non-hydrogen) atoms. The minimum atomic E-state index is -4.54. The minimum absolute atomic E-state index is 0.0295. The molecule has 0 bridgehead atoms. The number of piperazine rings is 1. The number of hydrogen-bond donors (Lipinski definition) is 1. The zero-order chi connectivity index (χ0) is 25.4. The molecule has 0 aliphatic carbocycles. The molecule has 5 rings (SSSR count). The normalized spacial score (nSPS) is 20.6. The second-order valence-electron chi connectivity index (χ2n) is 9.41. The summed E-state index contributed by atoms with van der Waals surface area (Å²) in [5.41, 5.74) is 2.78. The molecule has 1 fully saturated rings. The second-order valence-corrected chi connectivity index (χ2v) is 9.79. The molecule has 1 amide bonds. The molecule has 2 atom stereocenters. The van der Waals surface area contributed by atoms with E-state index in [0.29, 0.717) is 26.2 Å². The Hall–Kier alpha value is -3.04. The van der Waals surface area contributed by atoms with Gasteiger partial charge < -0.3 is 10.2 Å². The summed E-state index contributed by atoms with van der Waals surface area (Å²) < 4.78 is 43.0. The van der Waals surface area contributed by atoms with Crippen LogP contribution in [0.25, 0.3) is 0 Å².